The topological polar surface area (TPSA) is 58.6 Å². The highest BCUT2D eigenvalue weighted by atomic mass is 35.5. The number of carbonyl (C=O) groups is 2. The van der Waals surface area contributed by atoms with Gasteiger partial charge in [0, 0.05) is 10.7 Å². The fraction of sp³-hybridized carbons (Fsp3) is 0.333. The molecule has 0 radical (unpaired) electrons. The summed E-state index contributed by atoms with van der Waals surface area (Å²) in [6.07, 6.45) is 0. The molecule has 0 aliphatic rings. The summed E-state index contributed by atoms with van der Waals surface area (Å²) < 4.78 is 4.51. The first-order valence-electron chi connectivity index (χ1n) is 5.32. The molecule has 98 valence electrons. The van der Waals surface area contributed by atoms with Crippen LogP contribution >= 0.6 is 11.6 Å². The monoisotopic (exact) mass is 270 g/mol. The lowest BCUT2D eigenvalue weighted by atomic mass is 10.3. The fourth-order valence-corrected chi connectivity index (χ4v) is 1.54. The van der Waals surface area contributed by atoms with E-state index >= 15 is 0 Å². The van der Waals surface area contributed by atoms with Gasteiger partial charge in [0.05, 0.1) is 20.2 Å². The average Bonchev–Trinajstić information content (AvgIpc) is 2.28. The minimum absolute atomic E-state index is 0.0689. The molecular formula is C12H15ClN2O3. The Morgan fingerprint density at radius 3 is 2.72 bits per heavy atom. The van der Waals surface area contributed by atoms with Crippen molar-refractivity contribution in [3.05, 3.63) is 29.3 Å². The molecule has 0 unspecified atom stereocenters. The standard InChI is InChI=1S/C12H15ClN2O3/c1-15(8-12(17)18-2)7-11(16)14-10-5-3-4-9(13)6-10/h3-6H,7-8H2,1-2H3,(H,14,16). The lowest BCUT2D eigenvalue weighted by Crippen LogP contribution is -2.34. The number of nitrogens with one attached hydrogen (secondary N) is 1. The maximum atomic E-state index is 11.7. The summed E-state index contributed by atoms with van der Waals surface area (Å²) in [6.45, 7) is 0.168. The lowest BCUT2D eigenvalue weighted by molar-refractivity contribution is -0.141. The second-order valence-electron chi connectivity index (χ2n) is 3.81. The van der Waals surface area contributed by atoms with Crippen LogP contribution < -0.4 is 5.32 Å². The smallest absolute Gasteiger partial charge is 0.319 e. The van der Waals surface area contributed by atoms with Crippen molar-refractivity contribution >= 4 is 29.2 Å². The molecule has 0 saturated heterocycles. The van der Waals surface area contributed by atoms with Crippen LogP contribution in [0.5, 0.6) is 0 Å². The minimum Gasteiger partial charge on any atom is -0.468 e. The number of ether oxygens (including phenoxy) is 1. The van der Waals surface area contributed by atoms with Crippen molar-refractivity contribution in [1.82, 2.24) is 4.90 Å². The van der Waals surface area contributed by atoms with Crippen molar-refractivity contribution in [3.8, 4) is 0 Å². The van der Waals surface area contributed by atoms with Crippen LogP contribution in [0.1, 0.15) is 0 Å². The van der Waals surface area contributed by atoms with E-state index in [2.05, 4.69) is 10.1 Å². The Morgan fingerprint density at radius 1 is 1.39 bits per heavy atom. The predicted molar refractivity (Wildman–Crippen MR) is 69.6 cm³/mol. The van der Waals surface area contributed by atoms with Crippen LogP contribution in [-0.2, 0) is 14.3 Å². The van der Waals surface area contributed by atoms with Gasteiger partial charge in [-0.15, -0.1) is 0 Å². The zero-order chi connectivity index (χ0) is 13.5. The van der Waals surface area contributed by atoms with E-state index in [9.17, 15) is 9.59 Å². The molecule has 0 aliphatic heterocycles. The Bertz CT molecular complexity index is 437. The van der Waals surface area contributed by atoms with Gasteiger partial charge < -0.3 is 10.1 Å². The first-order chi connectivity index (χ1) is 8.51. The maximum Gasteiger partial charge on any atom is 0.319 e. The van der Waals surface area contributed by atoms with E-state index in [-0.39, 0.29) is 25.0 Å². The number of hydrogen-bond acceptors (Lipinski definition) is 4. The van der Waals surface area contributed by atoms with Gasteiger partial charge in [0.1, 0.15) is 0 Å². The van der Waals surface area contributed by atoms with Crippen molar-refractivity contribution in [2.45, 2.75) is 0 Å². The molecule has 0 aromatic heterocycles. The van der Waals surface area contributed by atoms with Crippen molar-refractivity contribution in [3.63, 3.8) is 0 Å². The van der Waals surface area contributed by atoms with Gasteiger partial charge in [-0.1, -0.05) is 17.7 Å². The van der Waals surface area contributed by atoms with Gasteiger partial charge in [-0.05, 0) is 25.2 Å². The summed E-state index contributed by atoms with van der Waals surface area (Å²) in [5, 5.41) is 3.24. The minimum atomic E-state index is -0.381. The van der Waals surface area contributed by atoms with E-state index < -0.39 is 0 Å². The third-order valence-corrected chi connectivity index (χ3v) is 2.38. The molecule has 0 heterocycles. The Hall–Kier alpha value is -1.59. The van der Waals surface area contributed by atoms with E-state index in [0.717, 1.165) is 0 Å². The summed E-state index contributed by atoms with van der Waals surface area (Å²) >= 11 is 5.80. The highest BCUT2D eigenvalue weighted by Crippen LogP contribution is 2.14. The second-order valence-corrected chi connectivity index (χ2v) is 4.24. The van der Waals surface area contributed by atoms with Gasteiger partial charge in [-0.25, -0.2) is 0 Å². The van der Waals surface area contributed by atoms with Gasteiger partial charge in [-0.2, -0.15) is 0 Å². The SMILES string of the molecule is COC(=O)CN(C)CC(=O)Nc1cccc(Cl)c1. The van der Waals surface area contributed by atoms with Gasteiger partial charge in [0.15, 0.2) is 0 Å². The largest absolute Gasteiger partial charge is 0.468 e. The highest BCUT2D eigenvalue weighted by molar-refractivity contribution is 6.30. The van der Waals surface area contributed by atoms with E-state index in [0.29, 0.717) is 10.7 Å². The average molecular weight is 271 g/mol. The Balaban J connectivity index is 2.44. The zero-order valence-electron chi connectivity index (χ0n) is 10.3. The highest BCUT2D eigenvalue weighted by Gasteiger charge is 2.10. The van der Waals surface area contributed by atoms with E-state index in [1.807, 2.05) is 0 Å². The third kappa shape index (κ3) is 5.16. The van der Waals surface area contributed by atoms with Crippen LogP contribution in [0.2, 0.25) is 5.02 Å². The van der Waals surface area contributed by atoms with Crippen LogP contribution in [-0.4, -0.2) is 44.0 Å². The predicted octanol–water partition coefficient (Wildman–Crippen LogP) is 1.38. The normalized spacial score (nSPS) is 10.2. The van der Waals surface area contributed by atoms with E-state index in [1.54, 1.807) is 36.2 Å². The Kier molecular flexibility index (Phi) is 5.61. The van der Waals surface area contributed by atoms with Crippen LogP contribution in [0.25, 0.3) is 0 Å². The summed E-state index contributed by atoms with van der Waals surface area (Å²) in [6, 6.07) is 6.86. The Labute approximate surface area is 111 Å². The van der Waals surface area contributed by atoms with Crippen molar-refractivity contribution in [1.29, 1.82) is 0 Å². The van der Waals surface area contributed by atoms with Crippen LogP contribution in [0.3, 0.4) is 0 Å². The van der Waals surface area contributed by atoms with Gasteiger partial charge in [0.25, 0.3) is 0 Å². The number of rotatable bonds is 5. The van der Waals surface area contributed by atoms with E-state index in [1.165, 1.54) is 7.11 Å². The van der Waals surface area contributed by atoms with Crippen LogP contribution in [0.15, 0.2) is 24.3 Å². The van der Waals surface area contributed by atoms with E-state index in [4.69, 9.17) is 11.6 Å². The summed E-state index contributed by atoms with van der Waals surface area (Å²) in [5.41, 5.74) is 0.624. The Morgan fingerprint density at radius 2 is 2.11 bits per heavy atom. The molecule has 18 heavy (non-hydrogen) atoms. The van der Waals surface area contributed by atoms with Gasteiger partial charge >= 0.3 is 5.97 Å². The molecule has 1 N–H and O–H groups in total. The number of carbonyl (C=O) groups excluding carboxylic acids is 2. The third-order valence-electron chi connectivity index (χ3n) is 2.15. The molecule has 0 spiro atoms. The number of likely N-dealkylation sites (N-methyl/N-ethyl adjacent to an activating group) is 1. The number of amides is 1. The molecule has 6 heteroatoms. The molecule has 1 aromatic carbocycles. The number of anilines is 1. The number of halogens is 1. The fourth-order valence-electron chi connectivity index (χ4n) is 1.35. The first kappa shape index (κ1) is 14.5. The maximum absolute atomic E-state index is 11.7. The van der Waals surface area contributed by atoms with Crippen molar-refractivity contribution < 1.29 is 14.3 Å². The molecule has 0 fully saturated rings. The molecule has 0 atom stereocenters. The molecule has 0 aliphatic carbocycles. The van der Waals surface area contributed by atoms with Crippen molar-refractivity contribution in [2.24, 2.45) is 0 Å². The number of hydrogen-bond donors (Lipinski definition) is 1. The number of nitrogens with zero attached hydrogens (tertiary/aromatic N) is 1. The molecule has 1 rings (SSSR count). The van der Waals surface area contributed by atoms with Crippen LogP contribution in [0.4, 0.5) is 5.69 Å². The first-order valence-corrected chi connectivity index (χ1v) is 5.70. The number of methoxy groups -OCH3 is 1. The zero-order valence-corrected chi connectivity index (χ0v) is 11.0. The quantitative estimate of drug-likeness (QED) is 0.822. The van der Waals surface area contributed by atoms with Crippen LogP contribution in [0, 0.1) is 0 Å². The number of esters is 1. The molecule has 1 aromatic rings. The molecular weight excluding hydrogens is 256 g/mol. The number of benzene rings is 1. The summed E-state index contributed by atoms with van der Waals surface area (Å²) in [7, 11) is 2.97. The van der Waals surface area contributed by atoms with Gasteiger partial charge in [0.2, 0.25) is 5.91 Å². The molecule has 0 bridgehead atoms. The summed E-state index contributed by atoms with van der Waals surface area (Å²) in [5.74, 6) is -0.600. The molecule has 0 saturated carbocycles. The second kappa shape index (κ2) is 6.98. The lowest BCUT2D eigenvalue weighted by Gasteiger charge is -2.14. The summed E-state index contributed by atoms with van der Waals surface area (Å²) in [4.78, 5) is 24.2. The van der Waals surface area contributed by atoms with Crippen molar-refractivity contribution in [2.75, 3.05) is 32.6 Å². The molecule has 5 nitrogen and oxygen atoms in total. The molecule has 1 amide bonds. The van der Waals surface area contributed by atoms with Gasteiger partial charge in [-0.3, -0.25) is 14.5 Å².